The fraction of sp³-hybridized carbons (Fsp3) is 0.889. The number of alkyl halides is 3. The van der Waals surface area contributed by atoms with E-state index in [9.17, 15) is 18.0 Å². The predicted octanol–water partition coefficient (Wildman–Crippen LogP) is 1.24. The lowest BCUT2D eigenvalue weighted by Gasteiger charge is -2.21. The topological polar surface area (TPSA) is 61.5 Å². The summed E-state index contributed by atoms with van der Waals surface area (Å²) < 4.78 is 43.8. The third-order valence-corrected chi connectivity index (χ3v) is 1.90. The van der Waals surface area contributed by atoms with Gasteiger partial charge in [-0.1, -0.05) is 0 Å². The molecular weight excluding hydrogens is 227 g/mol. The molecule has 96 valence electrons. The number of hydrogen-bond acceptors (Lipinski definition) is 4. The maximum Gasteiger partial charge on any atom is 0.411 e. The van der Waals surface area contributed by atoms with E-state index in [0.29, 0.717) is 0 Å². The summed E-state index contributed by atoms with van der Waals surface area (Å²) in [7, 11) is 1.20. The van der Waals surface area contributed by atoms with Crippen LogP contribution in [0.2, 0.25) is 0 Å². The fourth-order valence-corrected chi connectivity index (χ4v) is 1.06. The second-order valence-corrected chi connectivity index (χ2v) is 3.68. The van der Waals surface area contributed by atoms with Crippen molar-refractivity contribution in [2.45, 2.75) is 31.5 Å². The van der Waals surface area contributed by atoms with Gasteiger partial charge in [0.1, 0.15) is 12.1 Å². The van der Waals surface area contributed by atoms with Gasteiger partial charge in [0.05, 0.1) is 7.11 Å². The maximum absolute atomic E-state index is 11.7. The number of hydrogen-bond donors (Lipinski definition) is 1. The van der Waals surface area contributed by atoms with E-state index in [-0.39, 0.29) is 19.4 Å². The monoisotopic (exact) mass is 243 g/mol. The maximum atomic E-state index is 11.7. The van der Waals surface area contributed by atoms with Crippen LogP contribution in [0.4, 0.5) is 13.2 Å². The van der Waals surface area contributed by atoms with Gasteiger partial charge in [-0.05, 0) is 19.8 Å². The van der Waals surface area contributed by atoms with Gasteiger partial charge in [0.2, 0.25) is 0 Å². The van der Waals surface area contributed by atoms with Crippen molar-refractivity contribution >= 4 is 5.97 Å². The molecule has 0 bridgehead atoms. The SMILES string of the molecule is COC(=O)C(C)(N)CCCOCC(F)(F)F. The molecule has 1 atom stereocenters. The zero-order valence-electron chi connectivity index (χ0n) is 9.26. The third kappa shape index (κ3) is 6.62. The molecule has 0 heterocycles. The summed E-state index contributed by atoms with van der Waals surface area (Å²) in [5, 5.41) is 0. The summed E-state index contributed by atoms with van der Waals surface area (Å²) >= 11 is 0. The Bertz CT molecular complexity index is 229. The molecule has 0 radical (unpaired) electrons. The average molecular weight is 243 g/mol. The van der Waals surface area contributed by atoms with Crippen molar-refractivity contribution < 1.29 is 27.4 Å². The molecule has 0 spiro atoms. The van der Waals surface area contributed by atoms with Crippen LogP contribution in [0.15, 0.2) is 0 Å². The van der Waals surface area contributed by atoms with E-state index in [4.69, 9.17) is 5.73 Å². The number of halogens is 3. The molecule has 0 aromatic heterocycles. The highest BCUT2D eigenvalue weighted by molar-refractivity contribution is 5.79. The van der Waals surface area contributed by atoms with Crippen LogP contribution in [0, 0.1) is 0 Å². The Morgan fingerprint density at radius 3 is 2.38 bits per heavy atom. The summed E-state index contributed by atoms with van der Waals surface area (Å²) in [6.45, 7) is 0.0817. The largest absolute Gasteiger partial charge is 0.468 e. The van der Waals surface area contributed by atoms with Crippen LogP contribution in [0.25, 0.3) is 0 Å². The van der Waals surface area contributed by atoms with Crippen LogP contribution >= 0.6 is 0 Å². The molecule has 2 N–H and O–H groups in total. The fourth-order valence-electron chi connectivity index (χ4n) is 1.06. The number of ether oxygens (including phenoxy) is 2. The molecule has 0 aliphatic carbocycles. The van der Waals surface area contributed by atoms with Gasteiger partial charge in [0.15, 0.2) is 0 Å². The molecule has 1 unspecified atom stereocenters. The van der Waals surface area contributed by atoms with Crippen LogP contribution in [-0.4, -0.2) is 38.0 Å². The van der Waals surface area contributed by atoms with Crippen LogP contribution < -0.4 is 5.73 Å². The number of carbonyl (C=O) groups excluding carboxylic acids is 1. The van der Waals surface area contributed by atoms with E-state index in [1.807, 2.05) is 0 Å². The lowest BCUT2D eigenvalue weighted by molar-refractivity contribution is -0.174. The van der Waals surface area contributed by atoms with E-state index in [2.05, 4.69) is 9.47 Å². The molecule has 4 nitrogen and oxygen atoms in total. The molecule has 0 saturated carbocycles. The van der Waals surface area contributed by atoms with Gasteiger partial charge in [-0.15, -0.1) is 0 Å². The molecule has 7 heteroatoms. The standard InChI is InChI=1S/C9H16F3NO3/c1-8(13,7(14)15-2)4-3-5-16-6-9(10,11)12/h3-6,13H2,1-2H3. The Morgan fingerprint density at radius 1 is 1.38 bits per heavy atom. The Kier molecular flexibility index (Phi) is 5.74. The first-order valence-electron chi connectivity index (χ1n) is 4.71. The van der Waals surface area contributed by atoms with Crippen molar-refractivity contribution in [3.8, 4) is 0 Å². The van der Waals surface area contributed by atoms with Gasteiger partial charge in [0, 0.05) is 6.61 Å². The smallest absolute Gasteiger partial charge is 0.411 e. The van der Waals surface area contributed by atoms with Gasteiger partial charge >= 0.3 is 12.1 Å². The molecule has 16 heavy (non-hydrogen) atoms. The van der Waals surface area contributed by atoms with Crippen LogP contribution in [-0.2, 0) is 14.3 Å². The first-order chi connectivity index (χ1) is 7.19. The van der Waals surface area contributed by atoms with Crippen LogP contribution in [0.1, 0.15) is 19.8 Å². The normalized spacial score (nSPS) is 15.6. The van der Waals surface area contributed by atoms with Gasteiger partial charge < -0.3 is 15.2 Å². The second kappa shape index (κ2) is 6.05. The number of esters is 1. The molecule has 0 aliphatic rings. The summed E-state index contributed by atoms with van der Waals surface area (Å²) in [4.78, 5) is 11.1. The van der Waals surface area contributed by atoms with Gasteiger partial charge in [-0.2, -0.15) is 13.2 Å². The second-order valence-electron chi connectivity index (χ2n) is 3.68. The summed E-state index contributed by atoms with van der Waals surface area (Å²) in [5.74, 6) is -0.594. The Balaban J connectivity index is 3.70. The minimum Gasteiger partial charge on any atom is -0.468 e. The van der Waals surface area contributed by atoms with Crippen molar-refractivity contribution in [1.29, 1.82) is 0 Å². The van der Waals surface area contributed by atoms with E-state index < -0.39 is 24.3 Å². The summed E-state index contributed by atoms with van der Waals surface area (Å²) in [5.41, 5.74) is 4.40. The van der Waals surface area contributed by atoms with Crippen molar-refractivity contribution in [2.75, 3.05) is 20.3 Å². The highest BCUT2D eigenvalue weighted by Gasteiger charge is 2.30. The lowest BCUT2D eigenvalue weighted by atomic mass is 9.98. The van der Waals surface area contributed by atoms with Crippen LogP contribution in [0.5, 0.6) is 0 Å². The highest BCUT2D eigenvalue weighted by Crippen LogP contribution is 2.15. The molecular formula is C9H16F3NO3. The van der Waals surface area contributed by atoms with E-state index in [1.54, 1.807) is 0 Å². The first-order valence-corrected chi connectivity index (χ1v) is 4.71. The molecule has 0 amide bonds. The Hall–Kier alpha value is -0.820. The first kappa shape index (κ1) is 15.2. The van der Waals surface area contributed by atoms with Crippen molar-refractivity contribution in [3.63, 3.8) is 0 Å². The van der Waals surface area contributed by atoms with Crippen molar-refractivity contribution in [3.05, 3.63) is 0 Å². The minimum absolute atomic E-state index is 0.0940. The van der Waals surface area contributed by atoms with Crippen LogP contribution in [0.3, 0.4) is 0 Å². The minimum atomic E-state index is -4.33. The summed E-state index contributed by atoms with van der Waals surface area (Å²) in [6, 6.07) is 0. The van der Waals surface area contributed by atoms with Gasteiger partial charge in [0.25, 0.3) is 0 Å². The van der Waals surface area contributed by atoms with Gasteiger partial charge in [-0.3, -0.25) is 4.79 Å². The molecule has 0 aromatic rings. The molecule has 0 aromatic carbocycles. The Labute approximate surface area is 91.9 Å². The number of carbonyl (C=O) groups is 1. The van der Waals surface area contributed by atoms with E-state index >= 15 is 0 Å². The zero-order valence-corrected chi connectivity index (χ0v) is 9.26. The van der Waals surface area contributed by atoms with E-state index in [0.717, 1.165) is 0 Å². The lowest BCUT2D eigenvalue weighted by Crippen LogP contribution is -2.45. The molecule has 0 saturated heterocycles. The van der Waals surface area contributed by atoms with Crippen molar-refractivity contribution in [2.24, 2.45) is 5.73 Å². The third-order valence-electron chi connectivity index (χ3n) is 1.90. The summed E-state index contributed by atoms with van der Waals surface area (Å²) in [6.07, 6.45) is -3.86. The molecule has 0 aliphatic heterocycles. The average Bonchev–Trinajstić information content (AvgIpc) is 2.14. The quantitative estimate of drug-likeness (QED) is 0.563. The molecule has 0 fully saturated rings. The van der Waals surface area contributed by atoms with Gasteiger partial charge in [-0.25, -0.2) is 0 Å². The Morgan fingerprint density at radius 2 is 1.94 bits per heavy atom. The van der Waals surface area contributed by atoms with E-state index in [1.165, 1.54) is 14.0 Å². The number of nitrogens with two attached hydrogens (primary N) is 1. The van der Waals surface area contributed by atoms with Crippen molar-refractivity contribution in [1.82, 2.24) is 0 Å². The predicted molar refractivity (Wildman–Crippen MR) is 50.7 cm³/mol. The number of rotatable bonds is 6. The highest BCUT2D eigenvalue weighted by atomic mass is 19.4. The number of methoxy groups -OCH3 is 1. The molecule has 0 rings (SSSR count). The zero-order chi connectivity index (χ0) is 12.8.